The smallest absolute Gasteiger partial charge is 0.335 e. The quantitative estimate of drug-likeness (QED) is 0.0288. The Morgan fingerprint density at radius 2 is 0.802 bits per heavy atom. The fourth-order valence-corrected chi connectivity index (χ4v) is 20.6. The highest BCUT2D eigenvalue weighted by Crippen LogP contribution is 2.76. The minimum atomic E-state index is -2.18. The molecule has 5 aliphatic carbocycles. The highest BCUT2D eigenvalue weighted by molar-refractivity contribution is 5.79. The number of fused-ring (bicyclic) bond motifs is 7. The Hall–Kier alpha value is -2.72. The lowest BCUT2D eigenvalue weighted by Crippen LogP contribution is -2.67. The van der Waals surface area contributed by atoms with Gasteiger partial charge in [-0.05, 0) is 109 Å². The number of aliphatic carboxylic acids is 1. The van der Waals surface area contributed by atoms with Crippen molar-refractivity contribution in [3.63, 3.8) is 0 Å². The first kappa shape index (κ1) is 87.6. The van der Waals surface area contributed by atoms with E-state index >= 15 is 4.79 Å². The van der Waals surface area contributed by atoms with Crippen LogP contribution < -0.4 is 0 Å². The molecule has 23 N–H and O–H groups in total. The predicted octanol–water partition coefficient (Wildman–Crippen LogP) is -8.47. The molecule has 0 bridgehead atoms. The molecule has 4 saturated carbocycles. The molecule has 0 amide bonds. The maximum atomic E-state index is 15.5. The molecule has 12 rings (SSSR count). The predicted molar refractivity (Wildman–Crippen MR) is 361 cm³/mol. The van der Waals surface area contributed by atoms with E-state index < -0.39 is 295 Å². The van der Waals surface area contributed by atoms with E-state index in [0.29, 0.717) is 57.8 Å². The Kier molecular flexibility index (Phi) is 26.4. The number of ether oxygens (including phenoxy) is 14. The first-order valence-corrected chi connectivity index (χ1v) is 38.4. The Bertz CT molecular complexity index is 3190. The molecule has 11 fully saturated rings. The van der Waals surface area contributed by atoms with E-state index in [-0.39, 0.29) is 28.1 Å². The van der Waals surface area contributed by atoms with Crippen LogP contribution in [0.5, 0.6) is 0 Å². The van der Waals surface area contributed by atoms with Crippen LogP contribution in [0.15, 0.2) is 11.6 Å². The molecule has 0 aromatic heterocycles. The number of carbonyl (C=O) groups is 2. The Morgan fingerprint density at radius 3 is 1.31 bits per heavy atom. The Morgan fingerprint density at radius 1 is 0.405 bits per heavy atom. The molecule has 43 atom stereocenters. The topological polar surface area (TPSA) is 629 Å². The number of hydrogen-bond acceptors (Lipinski definition) is 38. The number of carbonyl (C=O) groups excluding carboxylic acids is 1. The molecule has 0 radical (unpaired) electrons. The molecule has 12 aliphatic rings. The molecular weight excluding hydrogens is 1490 g/mol. The fourth-order valence-electron chi connectivity index (χ4n) is 20.6. The number of carboxylic acids is 1. The third-order valence-electron chi connectivity index (χ3n) is 27.7. The van der Waals surface area contributed by atoms with Gasteiger partial charge in [0.15, 0.2) is 43.8 Å². The monoisotopic (exact) mass is 1600 g/mol. The maximum absolute atomic E-state index is 15.5. The van der Waals surface area contributed by atoms with E-state index in [0.717, 1.165) is 12.0 Å². The van der Waals surface area contributed by atoms with E-state index in [1.54, 1.807) is 0 Å². The number of aliphatic hydroxyl groups is 22. The third-order valence-corrected chi connectivity index (χ3v) is 27.7. The van der Waals surface area contributed by atoms with Crippen molar-refractivity contribution in [3.05, 3.63) is 11.6 Å². The second-order valence-electron chi connectivity index (χ2n) is 34.9. The van der Waals surface area contributed by atoms with E-state index in [9.17, 15) is 122 Å². The van der Waals surface area contributed by atoms with Gasteiger partial charge in [0.1, 0.15) is 165 Å². The summed E-state index contributed by atoms with van der Waals surface area (Å²) in [5, 5.41) is 249. The second-order valence-corrected chi connectivity index (χ2v) is 34.9. The number of aliphatic hydroxyl groups excluding tert-OH is 22. The number of allylic oxidation sites excluding steroid dienone is 2. The van der Waals surface area contributed by atoms with Gasteiger partial charge in [0, 0.05) is 0 Å². The van der Waals surface area contributed by atoms with Crippen LogP contribution in [0.25, 0.3) is 0 Å². The number of carboxylic acid groups (broad SMARTS) is 1. The summed E-state index contributed by atoms with van der Waals surface area (Å²) in [4.78, 5) is 28.3. The van der Waals surface area contributed by atoms with Gasteiger partial charge in [-0.25, -0.2) is 4.79 Å². The van der Waals surface area contributed by atoms with Crippen LogP contribution in [-0.2, 0) is 75.9 Å². The Balaban J connectivity index is 0.722. The summed E-state index contributed by atoms with van der Waals surface area (Å²) < 4.78 is 81.9. The number of rotatable bonds is 21. The van der Waals surface area contributed by atoms with Gasteiger partial charge in [0.2, 0.25) is 6.29 Å². The zero-order valence-electron chi connectivity index (χ0n) is 62.7. The van der Waals surface area contributed by atoms with Crippen LogP contribution in [-0.4, -0.2) is 390 Å². The van der Waals surface area contributed by atoms with Crippen LogP contribution in [0, 0.1) is 50.2 Å². The van der Waals surface area contributed by atoms with Crippen molar-refractivity contribution in [2.45, 2.75) is 334 Å². The molecule has 0 aromatic rings. The lowest BCUT2D eigenvalue weighted by Gasteiger charge is -2.71. The molecule has 638 valence electrons. The van der Waals surface area contributed by atoms with Crippen LogP contribution in [0.2, 0.25) is 0 Å². The van der Waals surface area contributed by atoms with Crippen molar-refractivity contribution < 1.29 is 193 Å². The van der Waals surface area contributed by atoms with Gasteiger partial charge in [-0.2, -0.15) is 0 Å². The van der Waals surface area contributed by atoms with Crippen LogP contribution in [0.4, 0.5) is 0 Å². The molecule has 39 nitrogen and oxygen atoms in total. The average molecular weight is 1610 g/mol. The zero-order chi connectivity index (χ0) is 81.2. The molecule has 39 heteroatoms. The van der Waals surface area contributed by atoms with Crippen molar-refractivity contribution in [3.8, 4) is 0 Å². The van der Waals surface area contributed by atoms with Gasteiger partial charge < -0.3 is 184 Å². The van der Waals surface area contributed by atoms with Gasteiger partial charge >= 0.3 is 11.9 Å². The summed E-state index contributed by atoms with van der Waals surface area (Å²) in [6.07, 6.45) is -58.7. The molecule has 0 unspecified atom stereocenters. The van der Waals surface area contributed by atoms with E-state index in [1.165, 1.54) is 0 Å². The van der Waals surface area contributed by atoms with Gasteiger partial charge in [-0.1, -0.05) is 60.1 Å². The van der Waals surface area contributed by atoms with Crippen LogP contribution in [0.3, 0.4) is 0 Å². The second kappa shape index (κ2) is 33.5. The van der Waals surface area contributed by atoms with Crippen LogP contribution >= 0.6 is 0 Å². The highest BCUT2D eigenvalue weighted by atomic mass is 16.8. The molecular formula is C72H116O39. The highest BCUT2D eigenvalue weighted by Gasteiger charge is 2.71. The van der Waals surface area contributed by atoms with Crippen molar-refractivity contribution in [2.24, 2.45) is 50.2 Å². The third kappa shape index (κ3) is 15.7. The first-order valence-electron chi connectivity index (χ1n) is 38.4. The summed E-state index contributed by atoms with van der Waals surface area (Å²) in [5.74, 6) is -2.68. The normalized spacial score (nSPS) is 53.3. The van der Waals surface area contributed by atoms with Crippen molar-refractivity contribution in [1.29, 1.82) is 0 Å². The van der Waals surface area contributed by atoms with Gasteiger partial charge in [0.25, 0.3) is 0 Å². The van der Waals surface area contributed by atoms with Crippen LogP contribution in [0.1, 0.15) is 113 Å². The average Bonchev–Trinajstić information content (AvgIpc) is 0.674. The summed E-state index contributed by atoms with van der Waals surface area (Å²) in [6.45, 7) is 10.2. The Labute approximate surface area is 638 Å². The minimum Gasteiger partial charge on any atom is -0.479 e. The van der Waals surface area contributed by atoms with Crippen molar-refractivity contribution in [2.75, 3.05) is 39.6 Å². The molecule has 7 aliphatic heterocycles. The summed E-state index contributed by atoms with van der Waals surface area (Å²) in [6, 6.07) is 0. The van der Waals surface area contributed by atoms with Crippen molar-refractivity contribution >= 4 is 11.9 Å². The van der Waals surface area contributed by atoms with E-state index in [4.69, 9.17) is 66.3 Å². The SMILES string of the molecule is CC1(C)CC[C@@]2(C(=O)O[C@H]3O[C@@H](CO[C@H]4O[C@H](CO[C@@H]5O[C@H](CO[C@H]6O[C@@H](CO)[C@H](O)[C@@H](O)[C@@H]6O)[C@H](O)[C@H](O)[C@H]5O)[C@H](O[C@@H]5O[C@H](CO)[C@H](O)[C@H](O)[C@H]5O)[C@H](O)[C@@H]4O)[C@H](O)[C@@H](O)[C@@H]3O)CC[C@]3(C)C(=CC[C@H]4[C@@]5(C)CC[C@H](O[C@H]6O[C@@H](C(=O)O)[C@H](O[C@@H]7O[C@H](CO)[C@H](O)[C@@H](O)[C@@H]7O)[C@@H](O)[C@@H]6O)C(C)(C)[C@H]5CC[C@]43C)[C@H]2C1. The number of hydrogen-bond donors (Lipinski definition) is 23. The first-order chi connectivity index (χ1) is 52.1. The summed E-state index contributed by atoms with van der Waals surface area (Å²) in [7, 11) is 0. The largest absolute Gasteiger partial charge is 0.479 e. The molecule has 111 heavy (non-hydrogen) atoms. The number of esters is 1. The molecule has 7 heterocycles. The summed E-state index contributed by atoms with van der Waals surface area (Å²) in [5.41, 5.74) is -2.21. The van der Waals surface area contributed by atoms with Gasteiger partial charge in [-0.3, -0.25) is 4.79 Å². The van der Waals surface area contributed by atoms with Gasteiger partial charge in [-0.15, -0.1) is 0 Å². The minimum absolute atomic E-state index is 0.0151. The molecule has 0 spiro atoms. The van der Waals surface area contributed by atoms with E-state index in [1.807, 2.05) is 0 Å². The fraction of sp³-hybridized carbons (Fsp3) is 0.944. The summed E-state index contributed by atoms with van der Waals surface area (Å²) >= 11 is 0. The molecule has 7 saturated heterocycles. The standard InChI is InChI=1S/C72H116O39/c1-67(2)14-16-72(17-15-70(6)25(26(72)18-67)8-9-34-69(5)12-11-35(68(3,4)33(69)10-13-71(34,70)7)107-65-54(94)47(87)56(57(110-65)58(95)96)109-63-51(91)43(83)38(78)29(21-75)103-63)66(97)111-64-52(92)45(85)40(80)31(105-64)23-99-61-53(93)46(86)55(108-62-50(90)42(82)37(77)28(20-74)102-62)32(106-61)24-100-60-49(89)44(84)39(79)30(104-60)22-98-59-48(88)41(81)36(76)27(19-73)101-59/h8,26-57,59-65,73-94H,9-24H2,1-7H3,(H,95,96)/t26-,27+,28-,29-,30-,31+,32-,33-,34+,35+,36+,37+,38+,39+,40+,41-,42+,43-,44+,45-,46-,47+,48+,49-,50-,51+,52+,53+,54+,55+,56-,57-,59+,60-,61+,62+,63+,64-,65+,69+,70-,71-,72-/m1/s1. The van der Waals surface area contributed by atoms with Crippen molar-refractivity contribution in [1.82, 2.24) is 0 Å². The molecule has 0 aromatic carbocycles. The van der Waals surface area contributed by atoms with Gasteiger partial charge in [0.05, 0.1) is 51.2 Å². The lowest BCUT2D eigenvalue weighted by molar-refractivity contribution is -0.372. The lowest BCUT2D eigenvalue weighted by atomic mass is 9.33. The zero-order valence-corrected chi connectivity index (χ0v) is 62.7. The van der Waals surface area contributed by atoms with E-state index in [2.05, 4.69) is 54.5 Å². The maximum Gasteiger partial charge on any atom is 0.335 e.